The molecule has 1 nitrogen and oxygen atoms in total. The Morgan fingerprint density at radius 3 is 2.05 bits per heavy atom. The summed E-state index contributed by atoms with van der Waals surface area (Å²) in [6.45, 7) is 8.00. The molecule has 0 fully saturated rings. The lowest BCUT2D eigenvalue weighted by atomic mass is 10.1. The highest BCUT2D eigenvalue weighted by atomic mass is 14.6. The number of hydrogen-bond donors (Lipinski definition) is 0. The van der Waals surface area contributed by atoms with Gasteiger partial charge in [-0.1, -0.05) is 76.2 Å². The number of pyridine rings is 1. The van der Waals surface area contributed by atoms with Gasteiger partial charge in [-0.2, -0.15) is 0 Å². The van der Waals surface area contributed by atoms with Crippen LogP contribution in [0.2, 0.25) is 0 Å². The molecule has 0 spiro atoms. The van der Waals surface area contributed by atoms with Crippen LogP contribution in [0.4, 0.5) is 0 Å². The number of rotatable bonds is 2. The first kappa shape index (κ1) is 16.9. The fourth-order valence-corrected chi connectivity index (χ4v) is 2.04. The Kier molecular flexibility index (Phi) is 7.81. The summed E-state index contributed by atoms with van der Waals surface area (Å²) < 4.78 is 0. The van der Waals surface area contributed by atoms with Crippen molar-refractivity contribution in [1.82, 2.24) is 4.98 Å². The largest absolute Gasteiger partial charge is 0.256 e. The molecule has 0 atom stereocenters. The van der Waals surface area contributed by atoms with Crippen LogP contribution in [-0.4, -0.2) is 4.98 Å². The van der Waals surface area contributed by atoms with Crippen LogP contribution >= 0.6 is 0 Å². The van der Waals surface area contributed by atoms with Crippen molar-refractivity contribution in [2.75, 3.05) is 0 Å². The second kappa shape index (κ2) is 9.71. The third kappa shape index (κ3) is 5.03. The van der Waals surface area contributed by atoms with Crippen molar-refractivity contribution >= 4 is 10.9 Å². The summed E-state index contributed by atoms with van der Waals surface area (Å²) in [5.74, 6) is 0. The second-order valence-electron chi connectivity index (χ2n) is 4.20. The van der Waals surface area contributed by atoms with E-state index in [1.165, 1.54) is 16.5 Å². The maximum atomic E-state index is 4.48. The van der Waals surface area contributed by atoms with Crippen LogP contribution in [0, 0.1) is 0 Å². The van der Waals surface area contributed by atoms with Crippen LogP contribution in [0.1, 0.15) is 38.8 Å². The molecular weight excluding hydrogens is 254 g/mol. The van der Waals surface area contributed by atoms with Crippen LogP contribution in [0.15, 0.2) is 66.9 Å². The Morgan fingerprint density at radius 1 is 0.714 bits per heavy atom. The van der Waals surface area contributed by atoms with Gasteiger partial charge in [0.2, 0.25) is 0 Å². The van der Waals surface area contributed by atoms with E-state index in [9.17, 15) is 0 Å². The lowest BCUT2D eigenvalue weighted by Crippen LogP contribution is -1.89. The minimum absolute atomic E-state index is 0.943. The number of fused-ring (bicyclic) bond motifs is 1. The molecule has 0 saturated heterocycles. The van der Waals surface area contributed by atoms with Crippen molar-refractivity contribution in [3.63, 3.8) is 0 Å². The molecule has 0 aliphatic heterocycles. The lowest BCUT2D eigenvalue weighted by molar-refractivity contribution is 1.17. The molecule has 110 valence electrons. The monoisotopic (exact) mass is 279 g/mol. The second-order valence-corrected chi connectivity index (χ2v) is 4.20. The molecule has 1 heterocycles. The van der Waals surface area contributed by atoms with E-state index < -0.39 is 0 Å². The standard InChI is InChI=1S/C16H13N.2C2H6/c1-2-6-13(7-3-1)10-14-11-15-8-4-5-9-16(15)17-12-14;2*1-2/h1-9,11-12H,10H2;2*1-2H3. The maximum absolute atomic E-state index is 4.48. The molecule has 0 aliphatic rings. The highest BCUT2D eigenvalue weighted by Crippen LogP contribution is 2.15. The average molecular weight is 279 g/mol. The maximum Gasteiger partial charge on any atom is 0.0702 e. The number of hydrogen-bond acceptors (Lipinski definition) is 1. The normalized spacial score (nSPS) is 9.14. The molecule has 0 unspecified atom stereocenters. The van der Waals surface area contributed by atoms with Crippen LogP contribution < -0.4 is 0 Å². The Balaban J connectivity index is 0.000000510. The zero-order valence-electron chi connectivity index (χ0n) is 13.5. The predicted octanol–water partition coefficient (Wildman–Crippen LogP) is 5.88. The van der Waals surface area contributed by atoms with Gasteiger partial charge in [0.15, 0.2) is 0 Å². The van der Waals surface area contributed by atoms with Crippen LogP contribution in [-0.2, 0) is 6.42 Å². The minimum Gasteiger partial charge on any atom is -0.256 e. The van der Waals surface area contributed by atoms with Gasteiger partial charge in [0.05, 0.1) is 5.52 Å². The number of benzene rings is 2. The van der Waals surface area contributed by atoms with E-state index in [0.717, 1.165) is 11.9 Å². The minimum atomic E-state index is 0.943. The molecule has 0 bridgehead atoms. The summed E-state index contributed by atoms with van der Waals surface area (Å²) in [5.41, 5.74) is 3.64. The molecule has 3 rings (SSSR count). The highest BCUT2D eigenvalue weighted by Gasteiger charge is 1.98. The summed E-state index contributed by atoms with van der Waals surface area (Å²) in [7, 11) is 0. The van der Waals surface area contributed by atoms with Crippen LogP contribution in [0.25, 0.3) is 10.9 Å². The SMILES string of the molecule is CC.CC.c1ccc(Cc2cnc3ccccc3c2)cc1. The van der Waals surface area contributed by atoms with Crippen molar-refractivity contribution in [2.24, 2.45) is 0 Å². The molecule has 0 N–H and O–H groups in total. The smallest absolute Gasteiger partial charge is 0.0702 e. The van der Waals surface area contributed by atoms with Gasteiger partial charge < -0.3 is 0 Å². The first-order valence-corrected chi connectivity index (χ1v) is 7.79. The van der Waals surface area contributed by atoms with Crippen molar-refractivity contribution < 1.29 is 0 Å². The van der Waals surface area contributed by atoms with Crippen molar-refractivity contribution in [1.29, 1.82) is 0 Å². The zero-order chi connectivity index (χ0) is 15.5. The first-order valence-electron chi connectivity index (χ1n) is 7.79. The summed E-state index contributed by atoms with van der Waals surface area (Å²) >= 11 is 0. The molecular formula is C20H25N. The molecule has 0 saturated carbocycles. The van der Waals surface area contributed by atoms with Crippen molar-refractivity contribution in [3.8, 4) is 0 Å². The van der Waals surface area contributed by atoms with Gasteiger partial charge in [-0.3, -0.25) is 4.98 Å². The molecule has 2 aromatic carbocycles. The van der Waals surface area contributed by atoms with Gasteiger partial charge in [-0.25, -0.2) is 0 Å². The topological polar surface area (TPSA) is 12.9 Å². The molecule has 3 aromatic rings. The van der Waals surface area contributed by atoms with E-state index in [4.69, 9.17) is 0 Å². The van der Waals surface area contributed by atoms with Gasteiger partial charge >= 0.3 is 0 Å². The van der Waals surface area contributed by atoms with E-state index in [0.29, 0.717) is 0 Å². The van der Waals surface area contributed by atoms with E-state index in [1.54, 1.807) is 0 Å². The van der Waals surface area contributed by atoms with Gasteiger partial charge in [-0.15, -0.1) is 0 Å². The summed E-state index contributed by atoms with van der Waals surface area (Å²) in [4.78, 5) is 4.48. The zero-order valence-corrected chi connectivity index (χ0v) is 13.5. The molecule has 21 heavy (non-hydrogen) atoms. The fourth-order valence-electron chi connectivity index (χ4n) is 2.04. The van der Waals surface area contributed by atoms with E-state index in [2.05, 4.69) is 47.4 Å². The van der Waals surface area contributed by atoms with Gasteiger partial charge in [-0.05, 0) is 29.7 Å². The van der Waals surface area contributed by atoms with Crippen molar-refractivity contribution in [3.05, 3.63) is 78.0 Å². The van der Waals surface area contributed by atoms with Crippen molar-refractivity contribution in [2.45, 2.75) is 34.1 Å². The summed E-state index contributed by atoms with van der Waals surface area (Å²) in [6, 6.07) is 20.9. The van der Waals surface area contributed by atoms with Gasteiger partial charge in [0.25, 0.3) is 0 Å². The lowest BCUT2D eigenvalue weighted by Gasteiger charge is -2.03. The quantitative estimate of drug-likeness (QED) is 0.571. The molecule has 0 amide bonds. The summed E-state index contributed by atoms with van der Waals surface area (Å²) in [5, 5.41) is 1.21. The molecule has 1 aromatic heterocycles. The van der Waals surface area contributed by atoms with Crippen LogP contribution in [0.5, 0.6) is 0 Å². The summed E-state index contributed by atoms with van der Waals surface area (Å²) in [6.07, 6.45) is 2.91. The van der Waals surface area contributed by atoms with Crippen LogP contribution in [0.3, 0.4) is 0 Å². The Labute approximate surface area is 128 Å². The Hall–Kier alpha value is -2.15. The highest BCUT2D eigenvalue weighted by molar-refractivity contribution is 5.78. The number of nitrogens with zero attached hydrogens (tertiary/aromatic N) is 1. The third-order valence-electron chi connectivity index (χ3n) is 2.90. The van der Waals surface area contributed by atoms with E-state index >= 15 is 0 Å². The molecule has 0 aliphatic carbocycles. The van der Waals surface area contributed by atoms with E-state index in [-0.39, 0.29) is 0 Å². The number of para-hydroxylation sites is 1. The molecule has 1 heteroatoms. The Morgan fingerprint density at radius 2 is 1.33 bits per heavy atom. The average Bonchev–Trinajstić information content (AvgIpc) is 2.59. The van der Waals surface area contributed by atoms with E-state index in [1.807, 2.05) is 52.1 Å². The number of aromatic nitrogens is 1. The van der Waals surface area contributed by atoms with Gasteiger partial charge in [0.1, 0.15) is 0 Å². The van der Waals surface area contributed by atoms with Gasteiger partial charge in [0, 0.05) is 11.6 Å². The first-order chi connectivity index (χ1) is 10.4. The predicted molar refractivity (Wildman–Crippen MR) is 93.7 cm³/mol. The molecule has 0 radical (unpaired) electrons. The third-order valence-corrected chi connectivity index (χ3v) is 2.90. The fraction of sp³-hybridized carbons (Fsp3) is 0.250. The Bertz CT molecular complexity index is 629.